The second-order valence-electron chi connectivity index (χ2n) is 8.69. The Labute approximate surface area is 180 Å². The van der Waals surface area contributed by atoms with Gasteiger partial charge >= 0.3 is 0 Å². The van der Waals surface area contributed by atoms with Crippen molar-refractivity contribution in [1.29, 1.82) is 0 Å². The van der Waals surface area contributed by atoms with E-state index in [1.54, 1.807) is 4.90 Å². The smallest absolute Gasteiger partial charge is 0.275 e. The average molecular weight is 447 g/mol. The first-order chi connectivity index (χ1) is 15.2. The fourth-order valence-corrected chi connectivity index (χ4v) is 5.34. The molecule has 2 bridgehead atoms. The fraction of sp³-hybridized carbons (Fsp3) is 0.409. The fourth-order valence-electron chi connectivity index (χ4n) is 5.34. The number of carbonyl (C=O) groups is 2. The first-order valence-corrected chi connectivity index (χ1v) is 10.4. The molecule has 10 heteroatoms. The number of amides is 2. The molecule has 3 heterocycles. The largest absolute Gasteiger partial charge is 0.503 e. The Morgan fingerprint density at radius 3 is 2.50 bits per heavy atom. The van der Waals surface area contributed by atoms with Crippen LogP contribution < -0.4 is 10.7 Å². The number of halogens is 3. The summed E-state index contributed by atoms with van der Waals surface area (Å²) in [6, 6.07) is 0.983. The van der Waals surface area contributed by atoms with Gasteiger partial charge in [-0.25, -0.2) is 13.2 Å². The standard InChI is InChI=1S/C22H20F3N3O4/c23-11-5-16(24)14(17(25)6-11)7-26-21(31)15-9-27-8-13-4-10-1-2-12(3-10)28(13)22(32)18(27)20(30)19(15)29/h5-6,9-10,12-13,30H,1-4,7-8H2,(H,26,31)/t10-,12+,13-/m0/s1. The summed E-state index contributed by atoms with van der Waals surface area (Å²) in [5.74, 6) is -5.13. The minimum atomic E-state index is -1.18. The molecule has 1 aromatic heterocycles. The van der Waals surface area contributed by atoms with Gasteiger partial charge in [0.25, 0.3) is 11.8 Å². The lowest BCUT2D eigenvalue weighted by molar-refractivity contribution is 0.0339. The molecule has 0 radical (unpaired) electrons. The highest BCUT2D eigenvalue weighted by molar-refractivity contribution is 5.99. The predicted octanol–water partition coefficient (Wildman–Crippen LogP) is 2.30. The molecule has 2 fully saturated rings. The molecule has 168 valence electrons. The molecule has 1 aliphatic carbocycles. The van der Waals surface area contributed by atoms with Crippen LogP contribution in [0.15, 0.2) is 23.1 Å². The van der Waals surface area contributed by atoms with Gasteiger partial charge in [0.1, 0.15) is 23.0 Å². The first kappa shape index (κ1) is 20.6. The van der Waals surface area contributed by atoms with Gasteiger partial charge in [-0.3, -0.25) is 14.4 Å². The van der Waals surface area contributed by atoms with Crippen molar-refractivity contribution >= 4 is 11.8 Å². The maximum absolute atomic E-state index is 13.8. The van der Waals surface area contributed by atoms with Crippen molar-refractivity contribution in [2.24, 2.45) is 5.92 Å². The molecule has 1 saturated heterocycles. The summed E-state index contributed by atoms with van der Waals surface area (Å²) in [6.07, 6.45) is 4.88. The Kier molecular flexibility index (Phi) is 4.75. The Morgan fingerprint density at radius 2 is 1.78 bits per heavy atom. The lowest BCUT2D eigenvalue weighted by atomic mass is 9.90. The zero-order valence-corrected chi connectivity index (χ0v) is 16.9. The summed E-state index contributed by atoms with van der Waals surface area (Å²) in [5.41, 5.74) is -2.20. The van der Waals surface area contributed by atoms with Crippen molar-refractivity contribution < 1.29 is 27.9 Å². The summed E-state index contributed by atoms with van der Waals surface area (Å²) in [7, 11) is 0. The van der Waals surface area contributed by atoms with E-state index in [2.05, 4.69) is 5.32 Å². The third kappa shape index (κ3) is 3.16. The molecule has 32 heavy (non-hydrogen) atoms. The number of hydrogen-bond acceptors (Lipinski definition) is 4. The minimum Gasteiger partial charge on any atom is -0.503 e. The zero-order chi connectivity index (χ0) is 22.7. The maximum atomic E-state index is 13.8. The molecule has 5 rings (SSSR count). The number of hydrogen-bond donors (Lipinski definition) is 2. The molecule has 1 saturated carbocycles. The number of nitrogens with zero attached hydrogens (tertiary/aromatic N) is 2. The summed E-state index contributed by atoms with van der Waals surface area (Å²) >= 11 is 0. The predicted molar refractivity (Wildman–Crippen MR) is 106 cm³/mol. The molecule has 2 aromatic rings. The van der Waals surface area contributed by atoms with Crippen molar-refractivity contribution in [3.05, 3.63) is 62.8 Å². The van der Waals surface area contributed by atoms with Crippen LogP contribution in [0.25, 0.3) is 0 Å². The second kappa shape index (κ2) is 7.39. The van der Waals surface area contributed by atoms with Crippen LogP contribution in [0.1, 0.15) is 52.1 Å². The molecule has 2 amide bonds. The molecular weight excluding hydrogens is 427 g/mol. The van der Waals surface area contributed by atoms with E-state index in [0.717, 1.165) is 25.7 Å². The second-order valence-corrected chi connectivity index (χ2v) is 8.69. The average Bonchev–Trinajstić information content (AvgIpc) is 3.10. The molecule has 1 aromatic carbocycles. The monoisotopic (exact) mass is 447 g/mol. The summed E-state index contributed by atoms with van der Waals surface area (Å²) < 4.78 is 42.1. The van der Waals surface area contributed by atoms with Crippen molar-refractivity contribution in [2.45, 2.75) is 50.9 Å². The number of nitrogens with one attached hydrogen (secondary N) is 1. The highest BCUT2D eigenvalue weighted by atomic mass is 19.1. The number of piperidine rings is 1. The van der Waals surface area contributed by atoms with Crippen LogP contribution in [0.2, 0.25) is 0 Å². The number of benzene rings is 1. The van der Waals surface area contributed by atoms with E-state index in [0.29, 0.717) is 24.6 Å². The Bertz CT molecular complexity index is 1190. The van der Waals surface area contributed by atoms with Crippen molar-refractivity contribution in [3.63, 3.8) is 0 Å². The van der Waals surface area contributed by atoms with Gasteiger partial charge < -0.3 is 19.9 Å². The lowest BCUT2D eigenvalue weighted by Gasteiger charge is -2.44. The Morgan fingerprint density at radius 1 is 1.09 bits per heavy atom. The van der Waals surface area contributed by atoms with E-state index in [-0.39, 0.29) is 17.8 Å². The van der Waals surface area contributed by atoms with E-state index in [1.807, 2.05) is 0 Å². The van der Waals surface area contributed by atoms with E-state index < -0.39 is 58.1 Å². The quantitative estimate of drug-likeness (QED) is 0.756. The molecule has 3 atom stereocenters. The number of pyridine rings is 1. The number of carbonyl (C=O) groups excluding carboxylic acids is 2. The number of aromatic hydroxyl groups is 1. The molecule has 2 N–H and O–H groups in total. The molecule has 0 unspecified atom stereocenters. The SMILES string of the molecule is O=C(NCc1c(F)cc(F)cc1F)c1cn2c(c(O)c1=O)C(=O)N1[C@@H]3CC[C@@H](C3)C[C@H]1C2. The maximum Gasteiger partial charge on any atom is 0.275 e. The number of fused-ring (bicyclic) bond motifs is 5. The van der Waals surface area contributed by atoms with Crippen LogP contribution in [-0.4, -0.2) is 38.5 Å². The van der Waals surface area contributed by atoms with Gasteiger partial charge in [0.2, 0.25) is 5.43 Å². The summed E-state index contributed by atoms with van der Waals surface area (Å²) in [6.45, 7) is -0.291. The summed E-state index contributed by atoms with van der Waals surface area (Å²) in [4.78, 5) is 40.1. The van der Waals surface area contributed by atoms with E-state index in [4.69, 9.17) is 0 Å². The van der Waals surface area contributed by atoms with Gasteiger partial charge in [-0.1, -0.05) is 0 Å². The summed E-state index contributed by atoms with van der Waals surface area (Å²) in [5, 5.41) is 12.7. The van der Waals surface area contributed by atoms with Gasteiger partial charge in [-0.05, 0) is 31.6 Å². The minimum absolute atomic E-state index is 0.0820. The van der Waals surface area contributed by atoms with Gasteiger partial charge in [-0.15, -0.1) is 0 Å². The third-order valence-corrected chi connectivity index (χ3v) is 6.78. The molecule has 0 spiro atoms. The number of rotatable bonds is 3. The van der Waals surface area contributed by atoms with E-state index >= 15 is 0 Å². The van der Waals surface area contributed by atoms with E-state index in [1.165, 1.54) is 10.8 Å². The molecule has 3 aliphatic rings. The van der Waals surface area contributed by atoms with Crippen LogP contribution >= 0.6 is 0 Å². The molecular formula is C22H20F3N3O4. The normalized spacial score (nSPS) is 23.7. The van der Waals surface area contributed by atoms with Gasteiger partial charge in [0, 0.05) is 43.0 Å². The van der Waals surface area contributed by atoms with Crippen LogP contribution in [0, 0.1) is 23.4 Å². The Balaban J connectivity index is 1.44. The topological polar surface area (TPSA) is 91.6 Å². The van der Waals surface area contributed by atoms with Crippen LogP contribution in [0.4, 0.5) is 13.2 Å². The highest BCUT2D eigenvalue weighted by Gasteiger charge is 2.46. The van der Waals surface area contributed by atoms with E-state index in [9.17, 15) is 32.7 Å². The number of aromatic nitrogens is 1. The van der Waals surface area contributed by atoms with Crippen LogP contribution in [0.5, 0.6) is 5.75 Å². The Hall–Kier alpha value is -3.30. The zero-order valence-electron chi connectivity index (χ0n) is 16.9. The first-order valence-electron chi connectivity index (χ1n) is 10.4. The van der Waals surface area contributed by atoms with Gasteiger partial charge in [0.15, 0.2) is 11.4 Å². The van der Waals surface area contributed by atoms with Crippen LogP contribution in [-0.2, 0) is 13.1 Å². The highest BCUT2D eigenvalue weighted by Crippen LogP contribution is 2.42. The van der Waals surface area contributed by atoms with Crippen molar-refractivity contribution in [2.75, 3.05) is 0 Å². The van der Waals surface area contributed by atoms with Crippen LogP contribution in [0.3, 0.4) is 0 Å². The lowest BCUT2D eigenvalue weighted by Crippen LogP contribution is -2.55. The third-order valence-electron chi connectivity index (χ3n) is 6.78. The molecule has 7 nitrogen and oxygen atoms in total. The van der Waals surface area contributed by atoms with Crippen molar-refractivity contribution in [3.8, 4) is 5.75 Å². The van der Waals surface area contributed by atoms with Gasteiger partial charge in [0.05, 0.1) is 6.04 Å². The van der Waals surface area contributed by atoms with Gasteiger partial charge in [-0.2, -0.15) is 0 Å². The molecule has 2 aliphatic heterocycles. The van der Waals surface area contributed by atoms with Crippen molar-refractivity contribution in [1.82, 2.24) is 14.8 Å².